The highest BCUT2D eigenvalue weighted by atomic mass is 16.6. The lowest BCUT2D eigenvalue weighted by molar-refractivity contribution is -0.187. The van der Waals surface area contributed by atoms with Gasteiger partial charge in [0.05, 0.1) is 12.7 Å². The predicted octanol–water partition coefficient (Wildman–Crippen LogP) is 3.10. The Morgan fingerprint density at radius 3 is 2.50 bits per heavy atom. The van der Waals surface area contributed by atoms with E-state index in [1.54, 1.807) is 6.08 Å². The zero-order valence-corrected chi connectivity index (χ0v) is 20.0. The Labute approximate surface area is 192 Å². The molecule has 3 aliphatic rings. The van der Waals surface area contributed by atoms with Crippen LogP contribution in [0.25, 0.3) is 0 Å². The maximum atomic E-state index is 13.2. The molecule has 1 saturated heterocycles. The highest BCUT2D eigenvalue weighted by molar-refractivity contribution is 5.76. The van der Waals surface area contributed by atoms with Gasteiger partial charge in [0, 0.05) is 31.5 Å². The number of aliphatic hydroxyl groups excluding tert-OH is 2. The van der Waals surface area contributed by atoms with E-state index in [2.05, 4.69) is 25.7 Å². The minimum absolute atomic E-state index is 0.0496. The molecule has 0 aromatic heterocycles. The van der Waals surface area contributed by atoms with E-state index in [1.807, 2.05) is 11.8 Å². The average Bonchev–Trinajstić information content (AvgIpc) is 2.77. The first kappa shape index (κ1) is 25.0. The van der Waals surface area contributed by atoms with Crippen LogP contribution in [0.4, 0.5) is 4.79 Å². The second-order valence-electron chi connectivity index (χ2n) is 10.8. The fraction of sp³-hybridized carbons (Fsp3) is 0.840. The molecule has 32 heavy (non-hydrogen) atoms. The Morgan fingerprint density at radius 2 is 1.88 bits per heavy atom. The molecule has 1 heterocycles. The second kappa shape index (κ2) is 10.1. The van der Waals surface area contributed by atoms with Gasteiger partial charge in [0.2, 0.25) is 5.91 Å². The van der Waals surface area contributed by atoms with Crippen molar-refractivity contribution < 1.29 is 24.5 Å². The number of piperidine rings is 1. The van der Waals surface area contributed by atoms with Gasteiger partial charge >= 0.3 is 6.09 Å². The minimum atomic E-state index is -0.624. The fourth-order valence-electron chi connectivity index (χ4n) is 6.68. The maximum absolute atomic E-state index is 13.2. The number of alkyl carbamates (subject to hydrolysis) is 1. The molecule has 6 atom stereocenters. The molecule has 2 saturated carbocycles. The number of carbonyl (C=O) groups excluding carboxylic acids is 2. The van der Waals surface area contributed by atoms with E-state index in [9.17, 15) is 19.8 Å². The molecule has 0 spiro atoms. The van der Waals surface area contributed by atoms with Crippen LogP contribution in [-0.2, 0) is 9.53 Å². The van der Waals surface area contributed by atoms with Crippen molar-refractivity contribution in [3.8, 4) is 0 Å². The van der Waals surface area contributed by atoms with Crippen LogP contribution in [0.15, 0.2) is 12.7 Å². The van der Waals surface area contributed by atoms with Crippen LogP contribution in [0, 0.1) is 28.6 Å². The van der Waals surface area contributed by atoms with Gasteiger partial charge in [-0.2, -0.15) is 0 Å². The third-order valence-electron chi connectivity index (χ3n) is 8.85. The molecule has 0 unspecified atom stereocenters. The molecule has 7 heteroatoms. The molecule has 0 aromatic rings. The van der Waals surface area contributed by atoms with Gasteiger partial charge in [-0.05, 0) is 61.7 Å². The summed E-state index contributed by atoms with van der Waals surface area (Å²) in [5, 5.41) is 24.1. The molecule has 0 bridgehead atoms. The summed E-state index contributed by atoms with van der Waals surface area (Å²) in [4.78, 5) is 27.3. The molecular formula is C25H42N2O5. The molecule has 0 aromatic carbocycles. The van der Waals surface area contributed by atoms with Gasteiger partial charge in [-0.3, -0.25) is 4.79 Å². The van der Waals surface area contributed by atoms with Crippen molar-refractivity contribution in [3.63, 3.8) is 0 Å². The number of amides is 2. The first-order chi connectivity index (χ1) is 15.2. The number of hydrogen-bond acceptors (Lipinski definition) is 5. The predicted molar refractivity (Wildman–Crippen MR) is 123 cm³/mol. The van der Waals surface area contributed by atoms with Crippen LogP contribution in [0.3, 0.4) is 0 Å². The molecule has 2 amide bonds. The molecule has 0 radical (unpaired) electrons. The van der Waals surface area contributed by atoms with Gasteiger partial charge in [-0.25, -0.2) is 4.79 Å². The van der Waals surface area contributed by atoms with E-state index in [1.165, 1.54) is 0 Å². The first-order valence-corrected chi connectivity index (χ1v) is 12.3. The lowest BCUT2D eigenvalue weighted by Crippen LogP contribution is -2.61. The molecule has 7 nitrogen and oxygen atoms in total. The van der Waals surface area contributed by atoms with Crippen molar-refractivity contribution in [2.24, 2.45) is 28.6 Å². The van der Waals surface area contributed by atoms with Gasteiger partial charge in [-0.1, -0.05) is 26.8 Å². The van der Waals surface area contributed by atoms with Crippen LogP contribution in [-0.4, -0.2) is 65.6 Å². The lowest BCUT2D eigenvalue weighted by Gasteiger charge is -2.60. The number of likely N-dealkylation sites (tertiary alicyclic amines) is 1. The summed E-state index contributed by atoms with van der Waals surface area (Å²) in [5.41, 5.74) is -0.925. The zero-order valence-electron chi connectivity index (χ0n) is 20.0. The van der Waals surface area contributed by atoms with E-state index >= 15 is 0 Å². The lowest BCUT2D eigenvalue weighted by atomic mass is 9.46. The number of nitrogens with zero attached hydrogens (tertiary/aromatic N) is 1. The quantitative estimate of drug-likeness (QED) is 0.540. The van der Waals surface area contributed by atoms with E-state index in [4.69, 9.17) is 4.74 Å². The molecule has 3 N–H and O–H groups in total. The molecular weight excluding hydrogens is 408 g/mol. The van der Waals surface area contributed by atoms with Gasteiger partial charge < -0.3 is 25.2 Å². The van der Waals surface area contributed by atoms with Crippen LogP contribution >= 0.6 is 0 Å². The smallest absolute Gasteiger partial charge is 0.407 e. The second-order valence-corrected chi connectivity index (χ2v) is 10.8. The van der Waals surface area contributed by atoms with Crippen molar-refractivity contribution >= 4 is 12.0 Å². The number of rotatable bonds is 6. The van der Waals surface area contributed by atoms with Crippen molar-refractivity contribution in [3.05, 3.63) is 12.7 Å². The average molecular weight is 451 g/mol. The minimum Gasteiger partial charge on any atom is -0.446 e. The van der Waals surface area contributed by atoms with Crippen molar-refractivity contribution in [1.29, 1.82) is 0 Å². The van der Waals surface area contributed by atoms with Gasteiger partial charge in [-0.15, -0.1) is 6.58 Å². The SMILES string of the molecule is C=CCNC(=O)O[C@@H]1CC[C@]2(C)[C@@H](CC[C@@H](O)[C@H]2CC(=O)N2CCC(C)CC2)[C@]1(C)CO. The largest absolute Gasteiger partial charge is 0.446 e. The third kappa shape index (κ3) is 4.84. The van der Waals surface area contributed by atoms with Crippen molar-refractivity contribution in [1.82, 2.24) is 10.2 Å². The van der Waals surface area contributed by atoms with E-state index < -0.39 is 23.7 Å². The monoisotopic (exact) mass is 450 g/mol. The van der Waals surface area contributed by atoms with E-state index in [0.717, 1.165) is 38.8 Å². The molecule has 3 rings (SSSR count). The summed E-state index contributed by atoms with van der Waals surface area (Å²) in [5.74, 6) is 0.684. The van der Waals surface area contributed by atoms with Gasteiger partial charge in [0.1, 0.15) is 6.10 Å². The number of ether oxygens (including phenoxy) is 1. The highest BCUT2D eigenvalue weighted by Gasteiger charge is 2.60. The summed E-state index contributed by atoms with van der Waals surface area (Å²) in [6.45, 7) is 11.8. The van der Waals surface area contributed by atoms with E-state index in [-0.39, 0.29) is 29.8 Å². The number of aliphatic hydroxyl groups is 2. The zero-order chi connectivity index (χ0) is 23.5. The van der Waals surface area contributed by atoms with Crippen LogP contribution in [0.2, 0.25) is 0 Å². The molecule has 182 valence electrons. The first-order valence-electron chi connectivity index (χ1n) is 12.3. The number of nitrogens with one attached hydrogen (secondary N) is 1. The summed E-state index contributed by atoms with van der Waals surface area (Å²) in [6, 6.07) is 0. The van der Waals surface area contributed by atoms with Gasteiger partial charge in [0.15, 0.2) is 0 Å². The number of fused-ring (bicyclic) bond motifs is 1. The topological polar surface area (TPSA) is 99.1 Å². The van der Waals surface area contributed by atoms with Crippen LogP contribution in [0.5, 0.6) is 0 Å². The molecule has 2 aliphatic carbocycles. The van der Waals surface area contributed by atoms with Crippen LogP contribution < -0.4 is 5.32 Å². The van der Waals surface area contributed by atoms with Crippen molar-refractivity contribution in [2.45, 2.75) is 77.9 Å². The normalized spacial score (nSPS) is 38.0. The third-order valence-corrected chi connectivity index (χ3v) is 8.85. The molecule has 3 fully saturated rings. The maximum Gasteiger partial charge on any atom is 0.407 e. The van der Waals surface area contributed by atoms with E-state index in [0.29, 0.717) is 31.7 Å². The van der Waals surface area contributed by atoms with Gasteiger partial charge in [0.25, 0.3) is 0 Å². The standard InChI is InChI=1S/C25H42N2O5/c1-5-12-26-23(31)32-21-8-11-24(3)18(15-22(30)27-13-9-17(2)10-14-27)19(29)6-7-20(24)25(21,4)16-28/h5,17-21,28-29H,1,6-16H2,2-4H3,(H,26,31)/t18-,19-,20-,21-,24+,25+/m1/s1. The Morgan fingerprint density at radius 1 is 1.19 bits per heavy atom. The molecule has 1 aliphatic heterocycles. The Kier molecular flexibility index (Phi) is 7.92. The fourth-order valence-corrected chi connectivity index (χ4v) is 6.68. The van der Waals surface area contributed by atoms with Crippen molar-refractivity contribution in [2.75, 3.05) is 26.2 Å². The highest BCUT2D eigenvalue weighted by Crippen LogP contribution is 2.61. The summed E-state index contributed by atoms with van der Waals surface area (Å²) in [7, 11) is 0. The van der Waals surface area contributed by atoms with Crippen LogP contribution in [0.1, 0.15) is 65.7 Å². The number of hydrogen-bond donors (Lipinski definition) is 3. The summed E-state index contributed by atoms with van der Waals surface area (Å²) < 4.78 is 5.75. The Balaban J connectivity index is 1.76. The summed E-state index contributed by atoms with van der Waals surface area (Å²) in [6.07, 6.45) is 5.26. The number of carbonyl (C=O) groups is 2. The summed E-state index contributed by atoms with van der Waals surface area (Å²) >= 11 is 0. The Hall–Kier alpha value is -1.60. The Bertz CT molecular complexity index is 692.